The summed E-state index contributed by atoms with van der Waals surface area (Å²) in [5.74, 6) is 0.235. The van der Waals surface area contributed by atoms with E-state index in [4.69, 9.17) is 9.47 Å². The lowest BCUT2D eigenvalue weighted by atomic mass is 9.96. The summed E-state index contributed by atoms with van der Waals surface area (Å²) in [5.41, 5.74) is 2.27. The van der Waals surface area contributed by atoms with Gasteiger partial charge in [-0.05, 0) is 97.8 Å². The first-order chi connectivity index (χ1) is 21.2. The lowest BCUT2D eigenvalue weighted by molar-refractivity contribution is 0.0173. The summed E-state index contributed by atoms with van der Waals surface area (Å²) in [4.78, 5) is 46.0. The van der Waals surface area contributed by atoms with Gasteiger partial charge in [0.25, 0.3) is 0 Å². The van der Waals surface area contributed by atoms with Crippen molar-refractivity contribution in [1.82, 2.24) is 9.80 Å². The standard InChI is InChI=1S/C36H52N4O5/c1-26-16-18-27(19-17-26)24-39(25-28-20-22-38(23-21-28)34(43)45-36(5,6)7)33(42)40(29-12-8-9-13-29)31-15-11-10-14-30(31)37-32(41)44-35(2,3)4/h10-11,14-19,28-29H,8-9,12-13,20-25H2,1-7H3,(H,37,41). The Morgan fingerprint density at radius 2 is 1.44 bits per heavy atom. The average Bonchev–Trinajstić information content (AvgIpc) is 3.48. The number of urea groups is 1. The number of nitrogens with one attached hydrogen (secondary N) is 1. The van der Waals surface area contributed by atoms with E-state index in [0.717, 1.165) is 44.1 Å². The van der Waals surface area contributed by atoms with Gasteiger partial charge >= 0.3 is 18.2 Å². The minimum atomic E-state index is -0.649. The summed E-state index contributed by atoms with van der Waals surface area (Å²) in [6, 6.07) is 15.8. The Morgan fingerprint density at radius 1 is 0.844 bits per heavy atom. The molecule has 45 heavy (non-hydrogen) atoms. The number of ether oxygens (including phenoxy) is 2. The van der Waals surface area contributed by atoms with Crippen LogP contribution in [0.15, 0.2) is 48.5 Å². The number of rotatable bonds is 7. The van der Waals surface area contributed by atoms with Crippen LogP contribution in [-0.4, -0.2) is 64.9 Å². The summed E-state index contributed by atoms with van der Waals surface area (Å²) in [6.45, 7) is 15.4. The molecule has 1 heterocycles. The van der Waals surface area contributed by atoms with E-state index >= 15 is 0 Å². The number of hydrogen-bond acceptors (Lipinski definition) is 5. The molecule has 1 N–H and O–H groups in total. The fraction of sp³-hybridized carbons (Fsp3) is 0.583. The highest BCUT2D eigenvalue weighted by molar-refractivity contribution is 5.99. The van der Waals surface area contributed by atoms with Crippen molar-refractivity contribution < 1.29 is 23.9 Å². The molecule has 2 aliphatic rings. The van der Waals surface area contributed by atoms with E-state index in [0.29, 0.717) is 37.6 Å². The maximum atomic E-state index is 14.8. The number of piperidine rings is 1. The van der Waals surface area contributed by atoms with E-state index in [1.54, 1.807) is 4.90 Å². The summed E-state index contributed by atoms with van der Waals surface area (Å²) in [7, 11) is 0. The van der Waals surface area contributed by atoms with E-state index < -0.39 is 17.3 Å². The van der Waals surface area contributed by atoms with Crippen LogP contribution in [0, 0.1) is 12.8 Å². The molecule has 1 aliphatic carbocycles. The molecule has 9 heteroatoms. The molecule has 246 valence electrons. The zero-order valence-corrected chi connectivity index (χ0v) is 28.2. The maximum absolute atomic E-state index is 14.8. The number of para-hydroxylation sites is 2. The summed E-state index contributed by atoms with van der Waals surface area (Å²) < 4.78 is 11.2. The molecule has 4 amide bonds. The van der Waals surface area contributed by atoms with Crippen molar-refractivity contribution in [2.75, 3.05) is 29.9 Å². The third-order valence-corrected chi connectivity index (χ3v) is 8.20. The maximum Gasteiger partial charge on any atom is 0.412 e. The third kappa shape index (κ3) is 10.1. The number of amides is 4. The minimum Gasteiger partial charge on any atom is -0.444 e. The van der Waals surface area contributed by atoms with Crippen LogP contribution in [0.5, 0.6) is 0 Å². The van der Waals surface area contributed by atoms with Crippen molar-refractivity contribution in [1.29, 1.82) is 0 Å². The fourth-order valence-electron chi connectivity index (χ4n) is 6.03. The number of benzene rings is 2. The molecule has 0 radical (unpaired) electrons. The average molecular weight is 621 g/mol. The molecule has 9 nitrogen and oxygen atoms in total. The summed E-state index contributed by atoms with van der Waals surface area (Å²) in [5, 5.41) is 2.91. The normalized spacial score (nSPS) is 16.3. The third-order valence-electron chi connectivity index (χ3n) is 8.20. The van der Waals surface area contributed by atoms with Crippen LogP contribution in [0.4, 0.5) is 25.8 Å². The van der Waals surface area contributed by atoms with Gasteiger partial charge in [-0.2, -0.15) is 0 Å². The first-order valence-electron chi connectivity index (χ1n) is 16.4. The second kappa shape index (κ2) is 14.6. The predicted molar refractivity (Wildman–Crippen MR) is 179 cm³/mol. The minimum absolute atomic E-state index is 0.0219. The second-order valence-electron chi connectivity index (χ2n) is 14.5. The molecule has 2 aromatic rings. The monoisotopic (exact) mass is 620 g/mol. The molecule has 1 saturated carbocycles. The molecular formula is C36H52N4O5. The highest BCUT2D eigenvalue weighted by Crippen LogP contribution is 2.35. The van der Waals surface area contributed by atoms with Gasteiger partial charge in [-0.1, -0.05) is 54.8 Å². The van der Waals surface area contributed by atoms with Gasteiger partial charge in [-0.15, -0.1) is 0 Å². The molecule has 0 spiro atoms. The number of likely N-dealkylation sites (tertiary alicyclic amines) is 1. The van der Waals surface area contributed by atoms with E-state index in [2.05, 4.69) is 36.5 Å². The molecule has 0 unspecified atom stereocenters. The Labute approximate surface area is 269 Å². The van der Waals surface area contributed by atoms with Crippen LogP contribution < -0.4 is 10.2 Å². The molecule has 2 aromatic carbocycles. The van der Waals surface area contributed by atoms with Crippen molar-refractivity contribution in [2.45, 2.75) is 111 Å². The molecule has 4 rings (SSSR count). The van der Waals surface area contributed by atoms with Crippen LogP contribution in [0.25, 0.3) is 0 Å². The zero-order valence-electron chi connectivity index (χ0n) is 28.2. The Bertz CT molecular complexity index is 1300. The number of carbonyl (C=O) groups is 3. The number of carbonyl (C=O) groups excluding carboxylic acids is 3. The first kappa shape index (κ1) is 34.1. The molecule has 0 aromatic heterocycles. The Balaban J connectivity index is 1.60. The zero-order chi connectivity index (χ0) is 32.8. The first-order valence-corrected chi connectivity index (χ1v) is 16.4. The molecule has 1 saturated heterocycles. The number of hydrogen-bond donors (Lipinski definition) is 1. The van der Waals surface area contributed by atoms with Gasteiger partial charge in [-0.3, -0.25) is 10.2 Å². The van der Waals surface area contributed by atoms with Gasteiger partial charge in [-0.25, -0.2) is 14.4 Å². The van der Waals surface area contributed by atoms with E-state index in [1.165, 1.54) is 5.56 Å². The van der Waals surface area contributed by atoms with Crippen LogP contribution in [-0.2, 0) is 16.0 Å². The van der Waals surface area contributed by atoms with Crippen molar-refractivity contribution in [2.24, 2.45) is 5.92 Å². The Hall–Kier alpha value is -3.75. The summed E-state index contributed by atoms with van der Waals surface area (Å²) in [6.07, 6.45) is 4.65. The molecule has 1 aliphatic heterocycles. The second-order valence-corrected chi connectivity index (χ2v) is 14.5. The van der Waals surface area contributed by atoms with Gasteiger partial charge in [0.1, 0.15) is 11.2 Å². The molecule has 2 fully saturated rings. The van der Waals surface area contributed by atoms with Crippen LogP contribution in [0.2, 0.25) is 0 Å². The Morgan fingerprint density at radius 3 is 2.04 bits per heavy atom. The smallest absolute Gasteiger partial charge is 0.412 e. The predicted octanol–water partition coefficient (Wildman–Crippen LogP) is 8.36. The van der Waals surface area contributed by atoms with Gasteiger partial charge < -0.3 is 19.3 Å². The van der Waals surface area contributed by atoms with Gasteiger partial charge in [0.2, 0.25) is 0 Å². The SMILES string of the molecule is Cc1ccc(CN(CC2CCN(C(=O)OC(C)(C)C)CC2)C(=O)N(c2ccccc2NC(=O)OC(C)(C)C)C2CCCC2)cc1. The molecule has 0 bridgehead atoms. The molecule has 0 atom stereocenters. The highest BCUT2D eigenvalue weighted by atomic mass is 16.6. The number of anilines is 2. The summed E-state index contributed by atoms with van der Waals surface area (Å²) >= 11 is 0. The largest absolute Gasteiger partial charge is 0.444 e. The van der Waals surface area contributed by atoms with Crippen molar-refractivity contribution >= 4 is 29.6 Å². The topological polar surface area (TPSA) is 91.4 Å². The lowest BCUT2D eigenvalue weighted by Gasteiger charge is -2.39. The molecular weight excluding hydrogens is 568 g/mol. The van der Waals surface area contributed by atoms with Gasteiger partial charge in [0.05, 0.1) is 11.4 Å². The van der Waals surface area contributed by atoms with Gasteiger partial charge in [0, 0.05) is 32.2 Å². The van der Waals surface area contributed by atoms with E-state index in [1.807, 2.05) is 75.6 Å². The van der Waals surface area contributed by atoms with Crippen LogP contribution >= 0.6 is 0 Å². The van der Waals surface area contributed by atoms with Gasteiger partial charge in [0.15, 0.2) is 0 Å². The van der Waals surface area contributed by atoms with Crippen LogP contribution in [0.3, 0.4) is 0 Å². The van der Waals surface area contributed by atoms with Crippen molar-refractivity contribution in [3.05, 3.63) is 59.7 Å². The van der Waals surface area contributed by atoms with Crippen molar-refractivity contribution in [3.8, 4) is 0 Å². The number of aryl methyl sites for hydroxylation is 1. The fourth-order valence-corrected chi connectivity index (χ4v) is 6.03. The Kier molecular flexibility index (Phi) is 11.0. The van der Waals surface area contributed by atoms with Crippen molar-refractivity contribution in [3.63, 3.8) is 0 Å². The number of nitrogens with zero attached hydrogens (tertiary/aromatic N) is 3. The lowest BCUT2D eigenvalue weighted by Crippen LogP contribution is -2.50. The van der Waals surface area contributed by atoms with Crippen LogP contribution in [0.1, 0.15) is 91.2 Å². The highest BCUT2D eigenvalue weighted by Gasteiger charge is 2.35. The van der Waals surface area contributed by atoms with E-state index in [-0.39, 0.29) is 24.1 Å². The van der Waals surface area contributed by atoms with E-state index in [9.17, 15) is 14.4 Å². The quantitative estimate of drug-likeness (QED) is 0.336.